The van der Waals surface area contributed by atoms with Gasteiger partial charge in [-0.25, -0.2) is 0 Å². The summed E-state index contributed by atoms with van der Waals surface area (Å²) in [5.74, 6) is 0. The number of rotatable bonds is 3. The Bertz CT molecular complexity index is 604. The van der Waals surface area contributed by atoms with Crippen molar-refractivity contribution in [3.8, 4) is 0 Å². The number of nitrogens with zero attached hydrogens (tertiary/aromatic N) is 1. The molecule has 0 aromatic heterocycles. The molecule has 1 aromatic carbocycles. The fraction of sp³-hybridized carbons (Fsp3) is 0.429. The Morgan fingerprint density at radius 2 is 1.79 bits per heavy atom. The van der Waals surface area contributed by atoms with Crippen LogP contribution in [-0.2, 0) is 0 Å². The third-order valence-electron chi connectivity index (χ3n) is 4.89. The number of hydrogen-bond acceptors (Lipinski definition) is 3. The topological polar surface area (TPSA) is 41.3 Å². The van der Waals surface area contributed by atoms with Crippen LogP contribution in [0.25, 0.3) is 0 Å². The van der Waals surface area contributed by atoms with E-state index in [-0.39, 0.29) is 5.41 Å². The molecule has 3 heteroatoms. The van der Waals surface area contributed by atoms with Crippen molar-refractivity contribution in [1.82, 2.24) is 5.32 Å². The van der Waals surface area contributed by atoms with Gasteiger partial charge in [0.25, 0.3) is 0 Å². The van der Waals surface area contributed by atoms with E-state index < -0.39 is 0 Å². The van der Waals surface area contributed by atoms with Gasteiger partial charge in [0.1, 0.15) is 0 Å². The molecule has 2 aliphatic rings. The van der Waals surface area contributed by atoms with Crippen LogP contribution in [0.3, 0.4) is 0 Å². The maximum Gasteiger partial charge on any atom is 0.0443 e. The summed E-state index contributed by atoms with van der Waals surface area (Å²) < 4.78 is 0. The molecule has 0 aliphatic carbocycles. The number of hydrogen-bond donors (Lipinski definition) is 2. The highest BCUT2D eigenvalue weighted by molar-refractivity contribution is 5.64. The molecule has 0 bridgehead atoms. The first-order valence-electron chi connectivity index (χ1n) is 9.04. The fourth-order valence-corrected chi connectivity index (χ4v) is 3.76. The first-order valence-corrected chi connectivity index (χ1v) is 9.04. The molecule has 2 aliphatic heterocycles. The van der Waals surface area contributed by atoms with Crippen LogP contribution in [0.1, 0.15) is 33.6 Å². The maximum absolute atomic E-state index is 5.83. The van der Waals surface area contributed by atoms with E-state index in [4.69, 9.17) is 5.73 Å². The summed E-state index contributed by atoms with van der Waals surface area (Å²) in [5.41, 5.74) is 10.7. The van der Waals surface area contributed by atoms with Crippen molar-refractivity contribution in [3.05, 3.63) is 60.3 Å². The summed E-state index contributed by atoms with van der Waals surface area (Å²) in [6.07, 6.45) is 8.78. The molecule has 3 rings (SSSR count). The van der Waals surface area contributed by atoms with Gasteiger partial charge in [-0.3, -0.25) is 0 Å². The lowest BCUT2D eigenvalue weighted by Gasteiger charge is -2.36. The molecule has 24 heavy (non-hydrogen) atoms. The van der Waals surface area contributed by atoms with Gasteiger partial charge < -0.3 is 16.0 Å². The highest BCUT2D eigenvalue weighted by Gasteiger charge is 2.43. The van der Waals surface area contributed by atoms with Gasteiger partial charge in [0.05, 0.1) is 0 Å². The second-order valence-corrected chi connectivity index (χ2v) is 6.21. The molecule has 0 amide bonds. The largest absolute Gasteiger partial charge is 0.399 e. The van der Waals surface area contributed by atoms with E-state index >= 15 is 0 Å². The third kappa shape index (κ3) is 3.41. The Balaban J connectivity index is 0.00000100. The zero-order valence-electron chi connectivity index (χ0n) is 15.3. The molecule has 0 unspecified atom stereocenters. The van der Waals surface area contributed by atoms with Crippen LogP contribution >= 0.6 is 0 Å². The molecular formula is C21H31N3. The number of benzene rings is 1. The Labute approximate surface area is 146 Å². The van der Waals surface area contributed by atoms with Gasteiger partial charge in [0.15, 0.2) is 0 Å². The van der Waals surface area contributed by atoms with E-state index in [0.717, 1.165) is 25.3 Å². The SMILES string of the molecule is C=CC1=C(/C=C\C)C2(CCNCC2)CN1c1ccc(N)cc1.CC. The van der Waals surface area contributed by atoms with Crippen molar-refractivity contribution in [3.63, 3.8) is 0 Å². The molecule has 1 saturated heterocycles. The average molecular weight is 326 g/mol. The molecular weight excluding hydrogens is 294 g/mol. The van der Waals surface area contributed by atoms with Crippen LogP contribution in [0.2, 0.25) is 0 Å². The summed E-state index contributed by atoms with van der Waals surface area (Å²) in [6.45, 7) is 13.4. The van der Waals surface area contributed by atoms with Gasteiger partial charge in [0, 0.05) is 29.0 Å². The van der Waals surface area contributed by atoms with Crippen LogP contribution in [0.4, 0.5) is 11.4 Å². The van der Waals surface area contributed by atoms with Crippen LogP contribution in [0, 0.1) is 5.41 Å². The predicted molar refractivity (Wildman–Crippen MR) is 106 cm³/mol. The number of nitrogens with one attached hydrogen (secondary N) is 1. The molecule has 0 radical (unpaired) electrons. The summed E-state index contributed by atoms with van der Waals surface area (Å²) in [5, 5.41) is 3.49. The molecule has 0 saturated carbocycles. The molecule has 3 N–H and O–H groups in total. The lowest BCUT2D eigenvalue weighted by molar-refractivity contribution is 0.280. The summed E-state index contributed by atoms with van der Waals surface area (Å²) >= 11 is 0. The molecule has 1 aromatic rings. The number of allylic oxidation sites excluding steroid dienone is 3. The first-order chi connectivity index (χ1) is 11.7. The standard InChI is InChI=1S/C19H25N3.C2H6/c1-3-5-17-18(4-2)22(16-8-6-15(20)7-9-16)14-19(17)10-12-21-13-11-19;1-2/h3-9,21H,2,10-14,20H2,1H3;1-2H3/b5-3-;. The predicted octanol–water partition coefficient (Wildman–Crippen LogP) is 4.50. The molecule has 1 spiro atoms. The van der Waals surface area contributed by atoms with E-state index in [1.807, 2.05) is 32.1 Å². The normalized spacial score (nSPS) is 19.5. The van der Waals surface area contributed by atoms with Crippen molar-refractivity contribution in [1.29, 1.82) is 0 Å². The zero-order valence-corrected chi connectivity index (χ0v) is 15.3. The van der Waals surface area contributed by atoms with Crippen molar-refractivity contribution in [2.75, 3.05) is 30.3 Å². The minimum atomic E-state index is 0.239. The van der Waals surface area contributed by atoms with Crippen molar-refractivity contribution in [2.45, 2.75) is 33.6 Å². The van der Waals surface area contributed by atoms with Crippen LogP contribution < -0.4 is 16.0 Å². The molecule has 0 atom stereocenters. The van der Waals surface area contributed by atoms with Crippen molar-refractivity contribution in [2.24, 2.45) is 5.41 Å². The molecule has 3 nitrogen and oxygen atoms in total. The van der Waals surface area contributed by atoms with Crippen LogP contribution in [-0.4, -0.2) is 19.6 Å². The minimum absolute atomic E-state index is 0.239. The number of nitrogen functional groups attached to an aromatic ring is 1. The molecule has 2 heterocycles. The smallest absolute Gasteiger partial charge is 0.0443 e. The minimum Gasteiger partial charge on any atom is -0.399 e. The first kappa shape index (κ1) is 18.3. The van der Waals surface area contributed by atoms with Gasteiger partial charge in [0.2, 0.25) is 0 Å². The highest BCUT2D eigenvalue weighted by Crippen LogP contribution is 2.47. The summed E-state index contributed by atoms with van der Waals surface area (Å²) in [6, 6.07) is 8.15. The van der Waals surface area contributed by atoms with Crippen molar-refractivity contribution >= 4 is 11.4 Å². The van der Waals surface area contributed by atoms with Crippen molar-refractivity contribution < 1.29 is 0 Å². The second-order valence-electron chi connectivity index (χ2n) is 6.21. The average Bonchev–Trinajstić information content (AvgIpc) is 2.91. The maximum atomic E-state index is 5.83. The quantitative estimate of drug-likeness (QED) is 0.804. The second kappa shape index (κ2) is 8.20. The van der Waals surface area contributed by atoms with Crippen LogP contribution in [0.5, 0.6) is 0 Å². The lowest BCUT2D eigenvalue weighted by atomic mass is 9.73. The van der Waals surface area contributed by atoms with E-state index in [0.29, 0.717) is 0 Å². The van der Waals surface area contributed by atoms with Gasteiger partial charge in [-0.05, 0) is 68.8 Å². The zero-order chi connectivity index (χ0) is 17.6. The monoisotopic (exact) mass is 325 g/mol. The summed E-state index contributed by atoms with van der Waals surface area (Å²) in [7, 11) is 0. The van der Waals surface area contributed by atoms with E-state index in [2.05, 4.69) is 48.0 Å². The number of anilines is 2. The highest BCUT2D eigenvalue weighted by atomic mass is 15.2. The van der Waals surface area contributed by atoms with Gasteiger partial charge in [-0.1, -0.05) is 32.6 Å². The molecule has 1 fully saturated rings. The lowest BCUT2D eigenvalue weighted by Crippen LogP contribution is -2.40. The van der Waals surface area contributed by atoms with Gasteiger partial charge in [-0.15, -0.1) is 0 Å². The van der Waals surface area contributed by atoms with E-state index in [1.54, 1.807) is 0 Å². The van der Waals surface area contributed by atoms with Gasteiger partial charge in [-0.2, -0.15) is 0 Å². The Kier molecular flexibility index (Phi) is 6.27. The molecule has 130 valence electrons. The van der Waals surface area contributed by atoms with E-state index in [9.17, 15) is 0 Å². The third-order valence-corrected chi connectivity index (χ3v) is 4.89. The summed E-state index contributed by atoms with van der Waals surface area (Å²) in [4.78, 5) is 2.40. The number of piperidine rings is 1. The van der Waals surface area contributed by atoms with Gasteiger partial charge >= 0.3 is 0 Å². The Hall–Kier alpha value is -2.00. The fourth-order valence-electron chi connectivity index (χ4n) is 3.76. The number of nitrogens with two attached hydrogens (primary N) is 1. The van der Waals surface area contributed by atoms with Crippen LogP contribution in [0.15, 0.2) is 60.3 Å². The Morgan fingerprint density at radius 3 is 2.33 bits per heavy atom. The van der Waals surface area contributed by atoms with E-state index in [1.165, 1.54) is 29.8 Å². The Morgan fingerprint density at radius 1 is 1.17 bits per heavy atom.